The highest BCUT2D eigenvalue weighted by Gasteiger charge is 2.25. The Kier molecular flexibility index (Phi) is 9.30. The molecule has 1 atom stereocenters. The predicted molar refractivity (Wildman–Crippen MR) is 162 cm³/mol. The van der Waals surface area contributed by atoms with E-state index in [1.807, 2.05) is 25.1 Å². The van der Waals surface area contributed by atoms with Gasteiger partial charge in [0.15, 0.2) is 0 Å². The summed E-state index contributed by atoms with van der Waals surface area (Å²) in [4.78, 5) is 22.3. The molecule has 0 aliphatic carbocycles. The first kappa shape index (κ1) is 30.7. The second-order valence-electron chi connectivity index (χ2n) is 10.4. The largest absolute Gasteiger partial charge is 0.496 e. The molecule has 9 nitrogen and oxygen atoms in total. The maximum absolute atomic E-state index is 13.6. The maximum Gasteiger partial charge on any atom is 0.241 e. The fourth-order valence-electron chi connectivity index (χ4n) is 4.54. The number of likely N-dealkylation sites (N-methyl/N-ethyl adjacent to an activating group) is 1. The summed E-state index contributed by atoms with van der Waals surface area (Å²) in [5, 5.41) is 15.3. The topological polar surface area (TPSA) is 123 Å². The fraction of sp³-hybridized carbons (Fsp3) is 0.258. The van der Waals surface area contributed by atoms with Gasteiger partial charge in [0.05, 0.1) is 29.3 Å². The molecular weight excluding hydrogens is 561 g/mol. The first-order valence-corrected chi connectivity index (χ1v) is 13.4. The molecule has 0 spiro atoms. The van der Waals surface area contributed by atoms with E-state index in [0.717, 1.165) is 5.56 Å². The molecule has 0 aliphatic rings. The lowest BCUT2D eigenvalue weighted by Gasteiger charge is -2.25. The monoisotopic (exact) mass is 593 g/mol. The van der Waals surface area contributed by atoms with Crippen molar-refractivity contribution in [2.75, 3.05) is 26.5 Å². The van der Waals surface area contributed by atoms with Crippen molar-refractivity contribution in [1.29, 1.82) is 0 Å². The van der Waals surface area contributed by atoms with Gasteiger partial charge >= 0.3 is 0 Å². The number of benzene rings is 3. The Morgan fingerprint density at radius 3 is 2.60 bits per heavy atom. The zero-order chi connectivity index (χ0) is 30.6. The minimum absolute atomic E-state index is 0.0912. The Labute approximate surface area is 248 Å². The van der Waals surface area contributed by atoms with Crippen molar-refractivity contribution < 1.29 is 23.8 Å². The van der Waals surface area contributed by atoms with Gasteiger partial charge in [-0.3, -0.25) is 9.69 Å². The Balaban J connectivity index is 1.77. The van der Waals surface area contributed by atoms with Gasteiger partial charge < -0.3 is 25.6 Å². The molecule has 11 heteroatoms. The quantitative estimate of drug-likeness (QED) is 0.191. The van der Waals surface area contributed by atoms with E-state index in [-0.39, 0.29) is 23.5 Å². The number of carbonyl (C=O) groups excluding carboxylic acids is 1. The summed E-state index contributed by atoms with van der Waals surface area (Å²) in [6.07, 6.45) is 4.42. The molecule has 0 saturated carbocycles. The smallest absolute Gasteiger partial charge is 0.241 e. The Morgan fingerprint density at radius 1 is 1.19 bits per heavy atom. The van der Waals surface area contributed by atoms with Crippen LogP contribution in [0.4, 0.5) is 15.9 Å². The molecule has 1 unspecified atom stereocenters. The van der Waals surface area contributed by atoms with E-state index in [2.05, 4.69) is 15.3 Å². The second kappa shape index (κ2) is 12.7. The summed E-state index contributed by atoms with van der Waals surface area (Å²) in [6.45, 7) is 3.38. The predicted octanol–water partition coefficient (Wildman–Crippen LogP) is 5.63. The normalized spacial score (nSPS) is 12.6. The molecule has 4 aromatic rings. The molecule has 0 radical (unpaired) electrons. The van der Waals surface area contributed by atoms with Crippen LogP contribution in [0, 0.1) is 5.82 Å². The fourth-order valence-corrected chi connectivity index (χ4v) is 4.76. The Morgan fingerprint density at radius 2 is 1.95 bits per heavy atom. The Hall–Kier alpha value is -4.25. The van der Waals surface area contributed by atoms with Crippen LogP contribution in [-0.2, 0) is 17.0 Å². The maximum atomic E-state index is 13.6. The number of rotatable bonds is 11. The molecule has 3 aromatic carbocycles. The summed E-state index contributed by atoms with van der Waals surface area (Å²) >= 11 is 6.61. The van der Waals surface area contributed by atoms with Crippen LogP contribution in [0.5, 0.6) is 11.5 Å². The van der Waals surface area contributed by atoms with Gasteiger partial charge in [0, 0.05) is 34.3 Å². The van der Waals surface area contributed by atoms with E-state index in [9.17, 15) is 14.3 Å². The third kappa shape index (κ3) is 7.14. The molecule has 0 fully saturated rings. The van der Waals surface area contributed by atoms with E-state index < -0.39 is 11.5 Å². The molecule has 0 bridgehead atoms. The van der Waals surface area contributed by atoms with Crippen LogP contribution in [0.3, 0.4) is 0 Å². The molecular formula is C31H33ClFN5O4. The number of amides is 1. The van der Waals surface area contributed by atoms with Crippen molar-refractivity contribution in [2.45, 2.75) is 32.1 Å². The molecule has 42 heavy (non-hydrogen) atoms. The third-order valence-corrected chi connectivity index (χ3v) is 6.87. The van der Waals surface area contributed by atoms with E-state index in [1.54, 1.807) is 57.4 Å². The summed E-state index contributed by atoms with van der Waals surface area (Å²) in [5.41, 5.74) is 7.06. The molecule has 1 amide bonds. The summed E-state index contributed by atoms with van der Waals surface area (Å²) in [6, 6.07) is 12.7. The zero-order valence-corrected chi connectivity index (χ0v) is 24.7. The first-order chi connectivity index (χ1) is 19.9. The molecule has 1 aromatic heterocycles. The number of primary amides is 1. The first-order valence-electron chi connectivity index (χ1n) is 13.0. The van der Waals surface area contributed by atoms with Gasteiger partial charge in [-0.2, -0.15) is 0 Å². The molecule has 4 N–H and O–H groups in total. The number of ether oxygens (including phenoxy) is 2. The van der Waals surface area contributed by atoms with Crippen molar-refractivity contribution in [1.82, 2.24) is 14.9 Å². The highest BCUT2D eigenvalue weighted by atomic mass is 35.5. The lowest BCUT2D eigenvalue weighted by Crippen LogP contribution is -2.20. The number of hydrogen-bond donors (Lipinski definition) is 3. The van der Waals surface area contributed by atoms with E-state index in [0.29, 0.717) is 45.0 Å². The molecule has 1 heterocycles. The second-order valence-corrected chi connectivity index (χ2v) is 10.8. The molecule has 220 valence electrons. The van der Waals surface area contributed by atoms with Crippen LogP contribution in [-0.4, -0.2) is 47.1 Å². The number of nitrogens with two attached hydrogens (primary N) is 1. The number of methoxy groups -OCH3 is 1. The lowest BCUT2D eigenvalue weighted by atomic mass is 9.95. The number of fused-ring (bicyclic) bond motifs is 1. The van der Waals surface area contributed by atoms with Crippen LogP contribution in [0.25, 0.3) is 10.9 Å². The summed E-state index contributed by atoms with van der Waals surface area (Å²) < 4.78 is 25.2. The average molecular weight is 594 g/mol. The summed E-state index contributed by atoms with van der Waals surface area (Å²) in [5.74, 6) is 0.428. The van der Waals surface area contributed by atoms with Crippen molar-refractivity contribution >= 4 is 39.9 Å². The van der Waals surface area contributed by atoms with Crippen LogP contribution < -0.4 is 20.5 Å². The number of carbonyl (C=O) groups is 1. The van der Waals surface area contributed by atoms with Gasteiger partial charge in [0.1, 0.15) is 36.1 Å². The van der Waals surface area contributed by atoms with Gasteiger partial charge in [-0.25, -0.2) is 14.4 Å². The van der Waals surface area contributed by atoms with E-state index in [1.165, 1.54) is 24.5 Å². The van der Waals surface area contributed by atoms with Crippen LogP contribution in [0.15, 0.2) is 67.0 Å². The number of halogens is 2. The number of hydrogen-bond acceptors (Lipinski definition) is 8. The zero-order valence-electron chi connectivity index (χ0n) is 24.0. The highest BCUT2D eigenvalue weighted by Crippen LogP contribution is 2.40. The SMILES string of the molecule is COc1cc2ncnc(Nc3cc(Cl)c(OCc4cccc(F)c4)cc3C(C)(C)O)c2cc1C(C=CC(N)=O)N(C)C. The van der Waals surface area contributed by atoms with Crippen molar-refractivity contribution in [3.05, 3.63) is 94.5 Å². The van der Waals surface area contributed by atoms with Gasteiger partial charge in [-0.1, -0.05) is 29.8 Å². The molecule has 4 rings (SSSR count). The van der Waals surface area contributed by atoms with Gasteiger partial charge in [-0.15, -0.1) is 0 Å². The number of nitrogens with one attached hydrogen (secondary N) is 1. The molecule has 0 aliphatic heterocycles. The number of aromatic nitrogens is 2. The third-order valence-electron chi connectivity index (χ3n) is 6.57. The van der Waals surface area contributed by atoms with Gasteiger partial charge in [0.2, 0.25) is 5.91 Å². The summed E-state index contributed by atoms with van der Waals surface area (Å²) in [7, 11) is 5.30. The lowest BCUT2D eigenvalue weighted by molar-refractivity contribution is -0.113. The van der Waals surface area contributed by atoms with Crippen LogP contribution in [0.1, 0.15) is 36.6 Å². The minimum Gasteiger partial charge on any atom is -0.496 e. The van der Waals surface area contributed by atoms with E-state index in [4.69, 9.17) is 26.8 Å². The van der Waals surface area contributed by atoms with Crippen molar-refractivity contribution in [2.24, 2.45) is 5.73 Å². The van der Waals surface area contributed by atoms with Crippen molar-refractivity contribution in [3.63, 3.8) is 0 Å². The van der Waals surface area contributed by atoms with Crippen molar-refractivity contribution in [3.8, 4) is 11.5 Å². The van der Waals surface area contributed by atoms with Crippen LogP contribution >= 0.6 is 11.6 Å². The highest BCUT2D eigenvalue weighted by molar-refractivity contribution is 6.32. The standard InChI is InChI=1S/C31H33ClFN5O4/c1-31(2,40)22-13-28(42-16-18-7-6-8-19(33)11-18)23(32)14-25(22)37-30-20-12-21(26(38(3)4)9-10-29(34)39)27(41-5)15-24(20)35-17-36-30/h6-15,17,26,40H,16H2,1-5H3,(H2,34,39)(H,35,36,37). The number of aliphatic hydroxyl groups is 1. The number of anilines is 2. The van der Waals surface area contributed by atoms with Gasteiger partial charge in [0.25, 0.3) is 0 Å². The van der Waals surface area contributed by atoms with Gasteiger partial charge in [-0.05, 0) is 63.8 Å². The minimum atomic E-state index is -1.29. The van der Waals surface area contributed by atoms with Crippen LogP contribution in [0.2, 0.25) is 5.02 Å². The van der Waals surface area contributed by atoms with E-state index >= 15 is 0 Å². The average Bonchev–Trinajstić information content (AvgIpc) is 2.91. The molecule has 0 saturated heterocycles. The number of nitrogens with zero attached hydrogens (tertiary/aromatic N) is 3. The Bertz CT molecular complexity index is 1640.